The molecule has 0 saturated carbocycles. The molecular weight excluding hydrogens is 272 g/mol. The molecule has 0 atom stereocenters. The van der Waals surface area contributed by atoms with Crippen molar-refractivity contribution in [2.75, 3.05) is 13.1 Å². The monoisotopic (exact) mass is 294 g/mol. The van der Waals surface area contributed by atoms with Crippen molar-refractivity contribution in [2.45, 2.75) is 40.2 Å². The van der Waals surface area contributed by atoms with Crippen molar-refractivity contribution in [1.29, 1.82) is 0 Å². The lowest BCUT2D eigenvalue weighted by atomic mass is 10.2. The Labute approximate surface area is 124 Å². The summed E-state index contributed by atoms with van der Waals surface area (Å²) < 4.78 is 1.23. The van der Waals surface area contributed by atoms with E-state index in [9.17, 15) is 14.4 Å². The summed E-state index contributed by atoms with van der Waals surface area (Å²) in [4.78, 5) is 37.1. The summed E-state index contributed by atoms with van der Waals surface area (Å²) in [6.45, 7) is 6.81. The van der Waals surface area contributed by atoms with Crippen molar-refractivity contribution in [1.82, 2.24) is 9.47 Å². The normalized spacial score (nSPS) is 10.4. The minimum Gasteiger partial charge on any atom is -0.477 e. The van der Waals surface area contributed by atoms with Gasteiger partial charge in [-0.2, -0.15) is 0 Å². The molecule has 0 fully saturated rings. The summed E-state index contributed by atoms with van der Waals surface area (Å²) in [5.41, 5.74) is -0.374. The average molecular weight is 294 g/mol. The molecule has 1 aromatic rings. The zero-order chi connectivity index (χ0) is 16.0. The van der Waals surface area contributed by atoms with Crippen LogP contribution < -0.4 is 5.56 Å². The van der Waals surface area contributed by atoms with Gasteiger partial charge in [0.15, 0.2) is 0 Å². The molecule has 0 aliphatic heterocycles. The molecule has 1 amide bonds. The Kier molecular flexibility index (Phi) is 6.14. The molecule has 116 valence electrons. The van der Waals surface area contributed by atoms with E-state index in [1.54, 1.807) is 17.9 Å². The van der Waals surface area contributed by atoms with Crippen LogP contribution in [-0.4, -0.2) is 39.5 Å². The van der Waals surface area contributed by atoms with E-state index >= 15 is 0 Å². The number of aromatic carboxylic acids is 1. The lowest BCUT2D eigenvalue weighted by Gasteiger charge is -2.22. The third-order valence-corrected chi connectivity index (χ3v) is 3.26. The molecule has 0 aromatic carbocycles. The average Bonchev–Trinajstić information content (AvgIpc) is 2.42. The number of aryl methyl sites for hydroxylation is 1. The van der Waals surface area contributed by atoms with Gasteiger partial charge in [-0.1, -0.05) is 13.8 Å². The Morgan fingerprint density at radius 2 is 1.76 bits per heavy atom. The highest BCUT2D eigenvalue weighted by molar-refractivity contribution is 5.87. The van der Waals surface area contributed by atoms with Crippen molar-refractivity contribution in [2.24, 2.45) is 0 Å². The van der Waals surface area contributed by atoms with Crippen molar-refractivity contribution >= 4 is 11.9 Å². The van der Waals surface area contributed by atoms with Gasteiger partial charge < -0.3 is 14.6 Å². The second-order valence-corrected chi connectivity index (χ2v) is 4.97. The molecule has 0 saturated heterocycles. The predicted molar refractivity (Wildman–Crippen MR) is 79.6 cm³/mol. The van der Waals surface area contributed by atoms with Crippen LogP contribution in [0.25, 0.3) is 0 Å². The smallest absolute Gasteiger partial charge is 0.341 e. The lowest BCUT2D eigenvalue weighted by molar-refractivity contribution is -0.132. The van der Waals surface area contributed by atoms with Gasteiger partial charge in [-0.15, -0.1) is 0 Å². The van der Waals surface area contributed by atoms with E-state index in [4.69, 9.17) is 5.11 Å². The maximum absolute atomic E-state index is 12.3. The summed E-state index contributed by atoms with van der Waals surface area (Å²) >= 11 is 0. The molecule has 1 rings (SSSR count). The first-order valence-corrected chi connectivity index (χ1v) is 7.13. The first kappa shape index (κ1) is 16.9. The second-order valence-electron chi connectivity index (χ2n) is 4.97. The number of carboxylic acid groups (broad SMARTS) is 1. The van der Waals surface area contributed by atoms with Crippen molar-refractivity contribution in [3.05, 3.63) is 33.7 Å². The van der Waals surface area contributed by atoms with Crippen LogP contribution in [0.4, 0.5) is 0 Å². The van der Waals surface area contributed by atoms with Gasteiger partial charge in [0.05, 0.1) is 0 Å². The van der Waals surface area contributed by atoms with Crippen molar-refractivity contribution in [3.8, 4) is 0 Å². The van der Waals surface area contributed by atoms with Gasteiger partial charge in [0.2, 0.25) is 5.91 Å². The molecule has 0 aliphatic carbocycles. The van der Waals surface area contributed by atoms with Crippen LogP contribution in [0.1, 0.15) is 42.7 Å². The summed E-state index contributed by atoms with van der Waals surface area (Å²) in [6, 6.07) is 2.82. The minimum atomic E-state index is -1.28. The Bertz CT molecular complexity index is 572. The van der Waals surface area contributed by atoms with Crippen LogP contribution in [0.3, 0.4) is 0 Å². The molecule has 0 aliphatic rings. The number of pyridine rings is 1. The van der Waals surface area contributed by atoms with Gasteiger partial charge in [-0.05, 0) is 31.9 Å². The van der Waals surface area contributed by atoms with E-state index in [1.165, 1.54) is 10.6 Å². The van der Waals surface area contributed by atoms with Gasteiger partial charge in [0.25, 0.3) is 5.56 Å². The minimum absolute atomic E-state index is 0.119. The second kappa shape index (κ2) is 7.61. The Morgan fingerprint density at radius 1 is 1.19 bits per heavy atom. The standard InChI is InChI=1S/C15H22N2O4/c1-4-8-16(9-5-2)13(18)10-17-11(3)6-7-12(14(17)19)15(20)21/h6-7H,4-5,8-10H2,1-3H3,(H,20,21). The fourth-order valence-corrected chi connectivity index (χ4v) is 2.17. The van der Waals surface area contributed by atoms with Gasteiger partial charge in [0.1, 0.15) is 12.1 Å². The number of rotatable bonds is 7. The summed E-state index contributed by atoms with van der Waals surface area (Å²) in [7, 11) is 0. The molecule has 6 nitrogen and oxygen atoms in total. The first-order chi connectivity index (χ1) is 9.92. The molecule has 1 heterocycles. The highest BCUT2D eigenvalue weighted by atomic mass is 16.4. The SMILES string of the molecule is CCCN(CCC)C(=O)Cn1c(C)ccc(C(=O)O)c1=O. The van der Waals surface area contributed by atoms with E-state index in [0.29, 0.717) is 18.8 Å². The van der Waals surface area contributed by atoms with Crippen LogP contribution in [-0.2, 0) is 11.3 Å². The van der Waals surface area contributed by atoms with Gasteiger partial charge in [-0.25, -0.2) is 4.79 Å². The number of aromatic nitrogens is 1. The van der Waals surface area contributed by atoms with E-state index < -0.39 is 11.5 Å². The van der Waals surface area contributed by atoms with E-state index in [2.05, 4.69) is 0 Å². The molecule has 0 spiro atoms. The van der Waals surface area contributed by atoms with Gasteiger partial charge >= 0.3 is 5.97 Å². The molecule has 21 heavy (non-hydrogen) atoms. The number of amides is 1. The highest BCUT2D eigenvalue weighted by Crippen LogP contribution is 2.02. The fourth-order valence-electron chi connectivity index (χ4n) is 2.17. The quantitative estimate of drug-likeness (QED) is 0.826. The van der Waals surface area contributed by atoms with Crippen LogP contribution in [0.2, 0.25) is 0 Å². The predicted octanol–water partition coefficient (Wildman–Crippen LogP) is 1.50. The number of hydrogen-bond donors (Lipinski definition) is 1. The first-order valence-electron chi connectivity index (χ1n) is 7.13. The number of carbonyl (C=O) groups is 2. The van der Waals surface area contributed by atoms with Crippen LogP contribution in [0, 0.1) is 6.92 Å². The summed E-state index contributed by atoms with van der Waals surface area (Å²) in [6.07, 6.45) is 1.68. The summed E-state index contributed by atoms with van der Waals surface area (Å²) in [5, 5.41) is 8.98. The molecule has 1 N–H and O–H groups in total. The van der Waals surface area contributed by atoms with E-state index in [1.807, 2.05) is 13.8 Å². The number of hydrogen-bond acceptors (Lipinski definition) is 3. The molecule has 1 aromatic heterocycles. The third kappa shape index (κ3) is 4.18. The Balaban J connectivity index is 3.06. The number of carbonyl (C=O) groups excluding carboxylic acids is 1. The fraction of sp³-hybridized carbons (Fsp3) is 0.533. The van der Waals surface area contributed by atoms with Crippen LogP contribution in [0.5, 0.6) is 0 Å². The number of carboxylic acids is 1. The molecule has 0 bridgehead atoms. The Morgan fingerprint density at radius 3 is 2.24 bits per heavy atom. The lowest BCUT2D eigenvalue weighted by Crippen LogP contribution is -2.39. The van der Waals surface area contributed by atoms with E-state index in [-0.39, 0.29) is 18.0 Å². The van der Waals surface area contributed by atoms with Gasteiger partial charge in [-0.3, -0.25) is 9.59 Å². The molecule has 6 heteroatoms. The molecule has 0 radical (unpaired) electrons. The topological polar surface area (TPSA) is 79.6 Å². The maximum Gasteiger partial charge on any atom is 0.341 e. The largest absolute Gasteiger partial charge is 0.477 e. The summed E-state index contributed by atoms with van der Waals surface area (Å²) in [5.74, 6) is -1.44. The highest BCUT2D eigenvalue weighted by Gasteiger charge is 2.17. The zero-order valence-corrected chi connectivity index (χ0v) is 12.8. The zero-order valence-electron chi connectivity index (χ0n) is 12.8. The van der Waals surface area contributed by atoms with Crippen molar-refractivity contribution < 1.29 is 14.7 Å². The van der Waals surface area contributed by atoms with Crippen LogP contribution in [0.15, 0.2) is 16.9 Å². The number of nitrogens with zero attached hydrogens (tertiary/aromatic N) is 2. The van der Waals surface area contributed by atoms with Gasteiger partial charge in [0, 0.05) is 18.8 Å². The third-order valence-electron chi connectivity index (χ3n) is 3.26. The molecular formula is C15H22N2O4. The molecule has 0 unspecified atom stereocenters. The van der Waals surface area contributed by atoms with Crippen molar-refractivity contribution in [3.63, 3.8) is 0 Å². The van der Waals surface area contributed by atoms with E-state index in [0.717, 1.165) is 12.8 Å². The van der Waals surface area contributed by atoms with Crippen LogP contribution >= 0.6 is 0 Å². The maximum atomic E-state index is 12.3. The Hall–Kier alpha value is -2.11.